The van der Waals surface area contributed by atoms with Gasteiger partial charge in [0.1, 0.15) is 5.75 Å². The lowest BCUT2D eigenvalue weighted by atomic mass is 9.55. The summed E-state index contributed by atoms with van der Waals surface area (Å²) in [5.74, 6) is 0.469. The van der Waals surface area contributed by atoms with Gasteiger partial charge in [0.2, 0.25) is 5.91 Å². The average molecular weight is 449 g/mol. The van der Waals surface area contributed by atoms with Crippen molar-refractivity contribution in [3.05, 3.63) is 71.4 Å². The number of aromatic nitrogens is 1. The second-order valence-electron chi connectivity index (χ2n) is 9.21. The molecule has 0 spiro atoms. The molecule has 1 amide bonds. The van der Waals surface area contributed by atoms with Gasteiger partial charge in [-0.05, 0) is 66.1 Å². The summed E-state index contributed by atoms with van der Waals surface area (Å²) in [6.07, 6.45) is 5.01. The van der Waals surface area contributed by atoms with Crippen molar-refractivity contribution in [2.45, 2.75) is 31.6 Å². The first-order valence-corrected chi connectivity index (χ1v) is 12.0. The number of benzene rings is 2. The minimum absolute atomic E-state index is 0.0455. The Bertz CT molecular complexity index is 1260. The normalized spacial score (nSPS) is 20.0. The van der Waals surface area contributed by atoms with Crippen molar-refractivity contribution < 1.29 is 9.53 Å². The van der Waals surface area contributed by atoms with E-state index in [1.807, 2.05) is 43.0 Å². The molecule has 0 bridgehead atoms. The maximum Gasteiger partial charge on any atom is 0.230 e. The molecule has 1 N–H and O–H groups in total. The van der Waals surface area contributed by atoms with Gasteiger partial charge in [0, 0.05) is 42.8 Å². The molecule has 2 aliphatic rings. The molecule has 5 rings (SSSR count). The maximum atomic E-state index is 13.5. The number of carbonyl (C=O) groups excluding carboxylic acids is 1. The number of carbonyl (C=O) groups is 1. The van der Waals surface area contributed by atoms with Gasteiger partial charge in [-0.1, -0.05) is 30.3 Å². The molecule has 7 heteroatoms. The number of aromatic amines is 1. The summed E-state index contributed by atoms with van der Waals surface area (Å²) in [5.41, 5.74) is 5.37. The second kappa shape index (κ2) is 8.70. The number of methoxy groups -OCH3 is 1. The van der Waals surface area contributed by atoms with Gasteiger partial charge in [-0.25, -0.2) is 0 Å². The first kappa shape index (κ1) is 22.9. The van der Waals surface area contributed by atoms with Crippen molar-refractivity contribution in [3.8, 4) is 5.75 Å². The van der Waals surface area contributed by atoms with Crippen molar-refractivity contribution in [2.24, 2.45) is 5.92 Å². The highest BCUT2D eigenvalue weighted by atomic mass is 16.5. The third-order valence-electron chi connectivity index (χ3n) is 7.42. The number of fused-ring (bicyclic) bond motifs is 2. The van der Waals surface area contributed by atoms with Crippen LogP contribution in [0.3, 0.4) is 0 Å². The van der Waals surface area contributed by atoms with Crippen LogP contribution in [0.2, 0.25) is 0 Å². The lowest BCUT2D eigenvalue weighted by molar-refractivity contribution is -0.134. The molecule has 1 aliphatic carbocycles. The number of nitrogens with zero attached hydrogens (tertiary/aromatic N) is 2. The summed E-state index contributed by atoms with van der Waals surface area (Å²) in [5, 5.41) is -0.0655. The number of nitrogens with one attached hydrogen (secondary N) is 1. The van der Waals surface area contributed by atoms with Gasteiger partial charge in [0.15, 0.2) is 0 Å². The van der Waals surface area contributed by atoms with E-state index >= 15 is 0 Å². The highest BCUT2D eigenvalue weighted by molar-refractivity contribution is 6.39. The number of rotatable bonds is 6. The van der Waals surface area contributed by atoms with Crippen LogP contribution >= 0.6 is 0 Å². The molecule has 5 nitrogen and oxygen atoms in total. The largest absolute Gasteiger partial charge is 0.497 e. The summed E-state index contributed by atoms with van der Waals surface area (Å²) < 4.78 is 5.43. The van der Waals surface area contributed by atoms with Crippen LogP contribution in [0.5, 0.6) is 5.75 Å². The Labute approximate surface area is 204 Å². The van der Waals surface area contributed by atoms with Crippen molar-refractivity contribution in [1.82, 2.24) is 14.8 Å². The van der Waals surface area contributed by atoms with Crippen molar-refractivity contribution >= 4 is 38.1 Å². The molecule has 4 radical (unpaired) electrons. The summed E-state index contributed by atoms with van der Waals surface area (Å²) in [6, 6.07) is 13.8. The quantitative estimate of drug-likeness (QED) is 0.587. The van der Waals surface area contributed by atoms with E-state index in [0.717, 1.165) is 28.6 Å². The average Bonchev–Trinajstić information content (AvgIpc) is 3.28. The number of amides is 1. The van der Waals surface area contributed by atoms with Crippen LogP contribution < -0.4 is 4.74 Å². The topological polar surface area (TPSA) is 48.6 Å². The standard InChI is InChI=1S/C27H29B2N3O2/c1-4-31(5-2)26(33)18-12-22-21-10-7-11-23-25(21)17(15-30-23)13-24(22)32(16-18)27(28,29)19-8-6-9-20(14-19)34-3/h6-12,14-15,18,24,30H,4-5,13,16H2,1-3H3. The molecular formula is C27H29B2N3O2. The van der Waals surface area contributed by atoms with Gasteiger partial charge in [0.05, 0.1) is 28.7 Å². The van der Waals surface area contributed by atoms with E-state index < -0.39 is 5.34 Å². The fraction of sp³-hybridized carbons (Fsp3) is 0.370. The zero-order valence-electron chi connectivity index (χ0n) is 20.0. The Morgan fingerprint density at radius 1 is 1.21 bits per heavy atom. The zero-order chi connectivity index (χ0) is 24.0. The van der Waals surface area contributed by atoms with E-state index in [4.69, 9.17) is 20.4 Å². The van der Waals surface area contributed by atoms with Crippen LogP contribution in [-0.4, -0.2) is 69.2 Å². The molecule has 3 aromatic rings. The van der Waals surface area contributed by atoms with E-state index in [-0.39, 0.29) is 17.9 Å². The molecule has 2 aromatic carbocycles. The van der Waals surface area contributed by atoms with Gasteiger partial charge in [-0.2, -0.15) is 0 Å². The highest BCUT2D eigenvalue weighted by Crippen LogP contribution is 2.44. The minimum Gasteiger partial charge on any atom is -0.497 e. The van der Waals surface area contributed by atoms with E-state index in [9.17, 15) is 4.79 Å². The Morgan fingerprint density at radius 2 is 1.97 bits per heavy atom. The Kier molecular flexibility index (Phi) is 5.85. The molecule has 2 unspecified atom stereocenters. The summed E-state index contributed by atoms with van der Waals surface area (Å²) in [6.45, 7) is 5.81. The molecule has 34 heavy (non-hydrogen) atoms. The third-order valence-corrected chi connectivity index (χ3v) is 7.42. The molecule has 2 atom stereocenters. The minimum atomic E-state index is -1.29. The Morgan fingerprint density at radius 3 is 2.71 bits per heavy atom. The maximum absolute atomic E-state index is 13.5. The Hall–Kier alpha value is -2.92. The van der Waals surface area contributed by atoms with Gasteiger partial charge in [0.25, 0.3) is 0 Å². The molecule has 2 heterocycles. The SMILES string of the molecule is [B]C([B])(c1cccc(OC)c1)N1CC(C(=O)N(CC)CC)C=C2c3cccc4[nH]cc(c34)CC21. The fourth-order valence-electron chi connectivity index (χ4n) is 5.61. The lowest BCUT2D eigenvalue weighted by Gasteiger charge is -2.51. The smallest absolute Gasteiger partial charge is 0.230 e. The predicted octanol–water partition coefficient (Wildman–Crippen LogP) is 3.43. The van der Waals surface area contributed by atoms with Crippen LogP contribution in [0.1, 0.15) is 30.5 Å². The van der Waals surface area contributed by atoms with E-state index in [0.29, 0.717) is 25.4 Å². The number of H-pyrrole nitrogens is 1. The predicted molar refractivity (Wildman–Crippen MR) is 138 cm³/mol. The Balaban J connectivity index is 1.65. The first-order chi connectivity index (χ1) is 16.4. The highest BCUT2D eigenvalue weighted by Gasteiger charge is 2.43. The van der Waals surface area contributed by atoms with Gasteiger partial charge >= 0.3 is 0 Å². The van der Waals surface area contributed by atoms with Crippen molar-refractivity contribution in [2.75, 3.05) is 26.7 Å². The van der Waals surface area contributed by atoms with E-state index in [1.165, 1.54) is 10.9 Å². The fourth-order valence-corrected chi connectivity index (χ4v) is 5.61. The summed E-state index contributed by atoms with van der Waals surface area (Å²) >= 11 is 0. The van der Waals surface area contributed by atoms with Gasteiger partial charge in [-0.3, -0.25) is 4.79 Å². The van der Waals surface area contributed by atoms with Crippen LogP contribution in [0.15, 0.2) is 54.7 Å². The second-order valence-corrected chi connectivity index (χ2v) is 9.21. The van der Waals surface area contributed by atoms with Crippen LogP contribution in [0.25, 0.3) is 16.5 Å². The van der Waals surface area contributed by atoms with E-state index in [2.05, 4.69) is 40.4 Å². The van der Waals surface area contributed by atoms with Gasteiger partial charge < -0.3 is 19.5 Å². The van der Waals surface area contributed by atoms with Gasteiger partial charge in [-0.15, -0.1) is 0 Å². The number of hydrogen-bond acceptors (Lipinski definition) is 3. The molecule has 170 valence electrons. The van der Waals surface area contributed by atoms with Crippen molar-refractivity contribution in [1.29, 1.82) is 0 Å². The number of hydrogen-bond donors (Lipinski definition) is 1. The van der Waals surface area contributed by atoms with Crippen LogP contribution in [-0.2, 0) is 16.6 Å². The zero-order valence-corrected chi connectivity index (χ0v) is 20.0. The third kappa shape index (κ3) is 3.58. The van der Waals surface area contributed by atoms with Crippen LogP contribution in [0.4, 0.5) is 0 Å². The molecule has 0 saturated heterocycles. The molecule has 0 saturated carbocycles. The summed E-state index contributed by atoms with van der Waals surface area (Å²) in [4.78, 5) is 20.9. The van der Waals surface area contributed by atoms with Crippen LogP contribution in [0, 0.1) is 5.92 Å². The van der Waals surface area contributed by atoms with Crippen molar-refractivity contribution in [3.63, 3.8) is 0 Å². The lowest BCUT2D eigenvalue weighted by Crippen LogP contribution is -2.58. The first-order valence-electron chi connectivity index (χ1n) is 12.0. The summed E-state index contributed by atoms with van der Waals surface area (Å²) in [7, 11) is 15.5. The molecule has 1 aliphatic heterocycles. The molecule has 0 fully saturated rings. The number of ether oxygens (including phenoxy) is 1. The molecular weight excluding hydrogens is 420 g/mol. The van der Waals surface area contributed by atoms with E-state index in [1.54, 1.807) is 7.11 Å². The monoisotopic (exact) mass is 449 g/mol. The molecule has 1 aromatic heterocycles.